The molecule has 0 saturated carbocycles. The fourth-order valence-electron chi connectivity index (χ4n) is 3.05. The Balaban J connectivity index is 0.00000176. The van der Waals surface area contributed by atoms with Crippen LogP contribution in [-0.2, 0) is 0 Å². The molecule has 0 radical (unpaired) electrons. The third kappa shape index (κ3) is 3.45. The molecule has 1 aromatic rings. The van der Waals surface area contributed by atoms with Crippen LogP contribution in [0.2, 0.25) is 0 Å². The van der Waals surface area contributed by atoms with Gasteiger partial charge in [-0.1, -0.05) is 25.5 Å². The highest BCUT2D eigenvalue weighted by atomic mass is 35.5. The quantitative estimate of drug-likeness (QED) is 0.917. The van der Waals surface area contributed by atoms with Gasteiger partial charge < -0.3 is 14.8 Å². The van der Waals surface area contributed by atoms with Crippen LogP contribution in [0.5, 0.6) is 11.5 Å². The molecule has 2 aliphatic heterocycles. The lowest BCUT2D eigenvalue weighted by atomic mass is 9.98. The van der Waals surface area contributed by atoms with Crippen molar-refractivity contribution < 1.29 is 18.3 Å². The number of benzene rings is 1. The molecule has 1 aromatic carbocycles. The highest BCUT2D eigenvalue weighted by molar-refractivity contribution is 5.85. The Labute approximate surface area is 135 Å². The van der Waals surface area contributed by atoms with Gasteiger partial charge in [0.15, 0.2) is 11.5 Å². The average molecular weight is 335 g/mol. The van der Waals surface area contributed by atoms with Crippen LogP contribution in [0.25, 0.3) is 0 Å². The molecule has 1 fully saturated rings. The number of nitrogens with zero attached hydrogens (tertiary/aromatic N) is 1. The van der Waals surface area contributed by atoms with Gasteiger partial charge in [-0.2, -0.15) is 0 Å². The van der Waals surface area contributed by atoms with Gasteiger partial charge in [-0.05, 0) is 12.5 Å². The van der Waals surface area contributed by atoms with Crippen LogP contribution < -0.4 is 14.8 Å². The van der Waals surface area contributed by atoms with Crippen molar-refractivity contribution in [1.82, 2.24) is 10.2 Å². The van der Waals surface area contributed by atoms with E-state index in [1.54, 1.807) is 6.07 Å². The Morgan fingerprint density at radius 2 is 2.00 bits per heavy atom. The number of para-hydroxylation sites is 1. The van der Waals surface area contributed by atoms with Crippen LogP contribution in [0, 0.1) is 0 Å². The molecule has 1 N–H and O–H groups in total. The van der Waals surface area contributed by atoms with Gasteiger partial charge in [0, 0.05) is 37.8 Å². The van der Waals surface area contributed by atoms with E-state index in [1.807, 2.05) is 6.07 Å². The minimum atomic E-state index is -3.56. The van der Waals surface area contributed by atoms with E-state index < -0.39 is 6.29 Å². The van der Waals surface area contributed by atoms with Crippen molar-refractivity contribution in [1.29, 1.82) is 0 Å². The molecular formula is C15H21ClF2N2O2. The van der Waals surface area contributed by atoms with E-state index in [1.165, 1.54) is 6.07 Å². The molecule has 1 atom stereocenters. The first kappa shape index (κ1) is 17.2. The van der Waals surface area contributed by atoms with Crippen LogP contribution in [0.4, 0.5) is 8.78 Å². The highest BCUT2D eigenvalue weighted by Gasteiger charge is 2.45. The highest BCUT2D eigenvalue weighted by Crippen LogP contribution is 2.46. The summed E-state index contributed by atoms with van der Waals surface area (Å²) in [5.74, 6) is 0.327. The van der Waals surface area contributed by atoms with Crippen molar-refractivity contribution in [3.63, 3.8) is 0 Å². The summed E-state index contributed by atoms with van der Waals surface area (Å²) in [5, 5.41) is 3.31. The Hall–Kier alpha value is -1.11. The number of ether oxygens (including phenoxy) is 2. The molecule has 7 heteroatoms. The van der Waals surface area contributed by atoms with Gasteiger partial charge in [-0.3, -0.25) is 4.90 Å². The van der Waals surface area contributed by atoms with Gasteiger partial charge in [-0.25, -0.2) is 0 Å². The van der Waals surface area contributed by atoms with Crippen LogP contribution in [0.1, 0.15) is 31.4 Å². The maximum atomic E-state index is 13.3. The molecule has 0 amide bonds. The van der Waals surface area contributed by atoms with Crippen molar-refractivity contribution in [2.45, 2.75) is 32.1 Å². The van der Waals surface area contributed by atoms with Crippen molar-refractivity contribution in [2.24, 2.45) is 0 Å². The molecule has 2 heterocycles. The molecule has 4 nitrogen and oxygen atoms in total. The lowest BCUT2D eigenvalue weighted by molar-refractivity contribution is -0.287. The summed E-state index contributed by atoms with van der Waals surface area (Å²) >= 11 is 0. The third-order valence-electron chi connectivity index (χ3n) is 3.97. The Morgan fingerprint density at radius 3 is 2.68 bits per heavy atom. The predicted octanol–water partition coefficient (Wildman–Crippen LogP) is 3.18. The summed E-state index contributed by atoms with van der Waals surface area (Å²) in [6, 6.07) is 5.24. The van der Waals surface area contributed by atoms with Crippen molar-refractivity contribution in [3.8, 4) is 11.5 Å². The first-order valence-electron chi connectivity index (χ1n) is 7.44. The van der Waals surface area contributed by atoms with E-state index in [2.05, 4.69) is 21.9 Å². The summed E-state index contributed by atoms with van der Waals surface area (Å²) in [7, 11) is 0. The van der Waals surface area contributed by atoms with Crippen LogP contribution in [0.15, 0.2) is 18.2 Å². The second kappa shape index (κ2) is 6.98. The summed E-state index contributed by atoms with van der Waals surface area (Å²) in [4.78, 5) is 2.33. The van der Waals surface area contributed by atoms with Crippen molar-refractivity contribution >= 4 is 12.4 Å². The summed E-state index contributed by atoms with van der Waals surface area (Å²) < 4.78 is 36.0. The number of nitrogens with one attached hydrogen (secondary N) is 1. The monoisotopic (exact) mass is 334 g/mol. The van der Waals surface area contributed by atoms with E-state index in [0.717, 1.165) is 44.6 Å². The minimum Gasteiger partial charge on any atom is -0.395 e. The van der Waals surface area contributed by atoms with E-state index in [9.17, 15) is 8.78 Å². The fraction of sp³-hybridized carbons (Fsp3) is 0.600. The topological polar surface area (TPSA) is 33.7 Å². The number of rotatable bonds is 4. The number of fused-ring (bicyclic) bond motifs is 1. The Kier molecular flexibility index (Phi) is 5.47. The number of alkyl halides is 2. The minimum absolute atomic E-state index is 0. The molecule has 0 unspecified atom stereocenters. The molecule has 0 aromatic heterocycles. The zero-order valence-electron chi connectivity index (χ0n) is 12.5. The van der Waals surface area contributed by atoms with Gasteiger partial charge in [-0.15, -0.1) is 21.2 Å². The molecule has 0 bridgehead atoms. The molecule has 124 valence electrons. The van der Waals surface area contributed by atoms with Gasteiger partial charge in [0.2, 0.25) is 0 Å². The Morgan fingerprint density at radius 1 is 1.27 bits per heavy atom. The molecular weight excluding hydrogens is 314 g/mol. The van der Waals surface area contributed by atoms with E-state index in [-0.39, 0.29) is 29.9 Å². The molecule has 3 rings (SSSR count). The van der Waals surface area contributed by atoms with E-state index in [0.29, 0.717) is 0 Å². The SMILES string of the molecule is CCC[C@H](c1cccc2c1OC(F)(F)O2)N1CCNCC1.Cl. The summed E-state index contributed by atoms with van der Waals surface area (Å²) in [6.45, 7) is 5.76. The maximum Gasteiger partial charge on any atom is 0.586 e. The number of hydrogen-bond donors (Lipinski definition) is 1. The average Bonchev–Trinajstić information content (AvgIpc) is 2.79. The molecule has 1 saturated heterocycles. The second-order valence-electron chi connectivity index (χ2n) is 5.43. The zero-order valence-corrected chi connectivity index (χ0v) is 13.3. The number of piperazine rings is 1. The molecule has 0 aliphatic carbocycles. The lowest BCUT2D eigenvalue weighted by Gasteiger charge is -2.35. The third-order valence-corrected chi connectivity index (χ3v) is 3.97. The normalized spacial score (nSPS) is 21.2. The first-order chi connectivity index (χ1) is 10.1. The van der Waals surface area contributed by atoms with E-state index >= 15 is 0 Å². The first-order valence-corrected chi connectivity index (χ1v) is 7.44. The predicted molar refractivity (Wildman–Crippen MR) is 82.0 cm³/mol. The van der Waals surface area contributed by atoms with Crippen molar-refractivity contribution in [3.05, 3.63) is 23.8 Å². The lowest BCUT2D eigenvalue weighted by Crippen LogP contribution is -2.45. The molecule has 22 heavy (non-hydrogen) atoms. The number of hydrogen-bond acceptors (Lipinski definition) is 4. The molecule has 2 aliphatic rings. The van der Waals surface area contributed by atoms with E-state index in [4.69, 9.17) is 4.74 Å². The van der Waals surface area contributed by atoms with Crippen LogP contribution in [0.3, 0.4) is 0 Å². The standard InChI is InChI=1S/C15H20F2N2O2.ClH/c1-2-4-12(19-9-7-18-8-10-19)11-5-3-6-13-14(11)21-15(16,17)20-13;/h3,5-6,12,18H,2,4,7-10H2,1H3;1H/t12-;/m1./s1. The van der Waals surface area contributed by atoms with Crippen LogP contribution >= 0.6 is 12.4 Å². The smallest absolute Gasteiger partial charge is 0.395 e. The van der Waals surface area contributed by atoms with Gasteiger partial charge in [0.25, 0.3) is 0 Å². The molecule has 0 spiro atoms. The van der Waals surface area contributed by atoms with Gasteiger partial charge >= 0.3 is 6.29 Å². The Bertz CT molecular complexity index is 510. The number of halogens is 3. The van der Waals surface area contributed by atoms with Crippen LogP contribution in [-0.4, -0.2) is 37.4 Å². The van der Waals surface area contributed by atoms with Crippen molar-refractivity contribution in [2.75, 3.05) is 26.2 Å². The second-order valence-corrected chi connectivity index (χ2v) is 5.43. The zero-order chi connectivity index (χ0) is 14.9. The fourth-order valence-corrected chi connectivity index (χ4v) is 3.05. The maximum absolute atomic E-state index is 13.3. The largest absolute Gasteiger partial charge is 0.586 e. The summed E-state index contributed by atoms with van der Waals surface area (Å²) in [6.07, 6.45) is -1.67. The summed E-state index contributed by atoms with van der Waals surface area (Å²) in [5.41, 5.74) is 0.799. The van der Waals surface area contributed by atoms with Gasteiger partial charge in [0.1, 0.15) is 0 Å². The van der Waals surface area contributed by atoms with Gasteiger partial charge in [0.05, 0.1) is 0 Å².